The molecule has 0 saturated heterocycles. The Kier molecular flexibility index (Phi) is 4.16. The van der Waals surface area contributed by atoms with E-state index in [4.69, 9.17) is 4.74 Å². The predicted octanol–water partition coefficient (Wildman–Crippen LogP) is 2.24. The molecule has 0 spiro atoms. The second-order valence-electron chi connectivity index (χ2n) is 4.72. The van der Waals surface area contributed by atoms with Gasteiger partial charge in [-0.2, -0.15) is 5.10 Å². The highest BCUT2D eigenvalue weighted by Gasteiger charge is 2.11. The summed E-state index contributed by atoms with van der Waals surface area (Å²) in [5.74, 6) is 1.51. The Labute approximate surface area is 112 Å². The van der Waals surface area contributed by atoms with Gasteiger partial charge in [-0.1, -0.05) is 18.2 Å². The van der Waals surface area contributed by atoms with Gasteiger partial charge in [0.15, 0.2) is 5.82 Å². The lowest BCUT2D eigenvalue weighted by Gasteiger charge is -2.14. The minimum Gasteiger partial charge on any atom is -0.485 e. The summed E-state index contributed by atoms with van der Waals surface area (Å²) in [6.07, 6.45) is 1.53. The smallest absolute Gasteiger partial charge is 0.165 e. The van der Waals surface area contributed by atoms with E-state index in [0.29, 0.717) is 6.61 Å². The minimum absolute atomic E-state index is 0.0338. The van der Waals surface area contributed by atoms with E-state index in [9.17, 15) is 5.11 Å². The Balaban J connectivity index is 2.17. The summed E-state index contributed by atoms with van der Waals surface area (Å²) >= 11 is 0. The van der Waals surface area contributed by atoms with Crippen LogP contribution in [0.25, 0.3) is 0 Å². The molecular weight excluding hydrogens is 242 g/mol. The number of hydrogen-bond donors (Lipinski definition) is 1. The molecule has 1 aromatic heterocycles. The van der Waals surface area contributed by atoms with Crippen molar-refractivity contribution < 1.29 is 9.84 Å². The number of hydrogen-bond acceptors (Lipinski definition) is 4. The number of ether oxygens (including phenoxy) is 1. The van der Waals surface area contributed by atoms with Gasteiger partial charge in [0.25, 0.3) is 0 Å². The van der Waals surface area contributed by atoms with Crippen LogP contribution in [-0.4, -0.2) is 19.9 Å². The third-order valence-corrected chi connectivity index (χ3v) is 2.95. The summed E-state index contributed by atoms with van der Waals surface area (Å²) in [5, 5.41) is 13.5. The van der Waals surface area contributed by atoms with E-state index >= 15 is 0 Å². The molecule has 0 fully saturated rings. The Morgan fingerprint density at radius 1 is 1.37 bits per heavy atom. The average Bonchev–Trinajstić information content (AvgIpc) is 2.85. The normalized spacial score (nSPS) is 11.0. The van der Waals surface area contributed by atoms with Gasteiger partial charge < -0.3 is 9.84 Å². The van der Waals surface area contributed by atoms with Gasteiger partial charge in [-0.25, -0.2) is 9.67 Å². The van der Waals surface area contributed by atoms with Gasteiger partial charge in [0.1, 0.15) is 18.7 Å². The van der Waals surface area contributed by atoms with Crippen molar-refractivity contribution in [2.24, 2.45) is 0 Å². The number of aliphatic hydroxyl groups excluding tert-OH is 1. The number of benzene rings is 1. The Morgan fingerprint density at radius 3 is 2.84 bits per heavy atom. The van der Waals surface area contributed by atoms with Crippen LogP contribution in [0, 0.1) is 6.92 Å². The van der Waals surface area contributed by atoms with Crippen LogP contribution < -0.4 is 4.74 Å². The highest BCUT2D eigenvalue weighted by Crippen LogP contribution is 2.24. The van der Waals surface area contributed by atoms with E-state index in [2.05, 4.69) is 10.1 Å². The lowest BCUT2D eigenvalue weighted by molar-refractivity contribution is 0.250. The molecule has 19 heavy (non-hydrogen) atoms. The highest BCUT2D eigenvalue weighted by molar-refractivity contribution is 5.40. The first kappa shape index (κ1) is 13.5. The van der Waals surface area contributed by atoms with Gasteiger partial charge in [-0.3, -0.25) is 0 Å². The van der Waals surface area contributed by atoms with Crippen molar-refractivity contribution in [1.82, 2.24) is 14.8 Å². The molecule has 0 amide bonds. The van der Waals surface area contributed by atoms with E-state index in [1.807, 2.05) is 43.7 Å². The van der Waals surface area contributed by atoms with Crippen molar-refractivity contribution in [3.63, 3.8) is 0 Å². The number of nitrogens with zero attached hydrogens (tertiary/aromatic N) is 3. The van der Waals surface area contributed by atoms with Gasteiger partial charge in [0, 0.05) is 11.6 Å². The van der Waals surface area contributed by atoms with Crippen molar-refractivity contribution in [3.8, 4) is 5.75 Å². The quantitative estimate of drug-likeness (QED) is 0.896. The van der Waals surface area contributed by atoms with E-state index < -0.39 is 0 Å². The van der Waals surface area contributed by atoms with E-state index in [-0.39, 0.29) is 12.6 Å². The van der Waals surface area contributed by atoms with Crippen molar-refractivity contribution in [1.29, 1.82) is 0 Å². The topological polar surface area (TPSA) is 60.2 Å². The highest BCUT2D eigenvalue weighted by atomic mass is 16.5. The van der Waals surface area contributed by atoms with Crippen LogP contribution in [0.5, 0.6) is 5.75 Å². The number of aliphatic hydroxyl groups is 1. The van der Waals surface area contributed by atoms with Gasteiger partial charge >= 0.3 is 0 Å². The minimum atomic E-state index is -0.0338. The van der Waals surface area contributed by atoms with Crippen LogP contribution in [0.4, 0.5) is 0 Å². The first-order valence-electron chi connectivity index (χ1n) is 6.34. The Morgan fingerprint density at radius 2 is 2.16 bits per heavy atom. The summed E-state index contributed by atoms with van der Waals surface area (Å²) in [4.78, 5) is 4.20. The lowest BCUT2D eigenvalue weighted by Crippen LogP contribution is -2.11. The van der Waals surface area contributed by atoms with E-state index in [1.165, 1.54) is 6.33 Å². The SMILES string of the molecule is Cc1cccc(CO)c1OCc1ncnn1C(C)C. The number of aromatic nitrogens is 3. The van der Waals surface area contributed by atoms with Gasteiger partial charge in [-0.05, 0) is 26.3 Å². The van der Waals surface area contributed by atoms with Gasteiger partial charge in [-0.15, -0.1) is 0 Å². The predicted molar refractivity (Wildman–Crippen MR) is 71.8 cm³/mol. The first-order valence-corrected chi connectivity index (χ1v) is 6.34. The molecule has 5 heteroatoms. The van der Waals surface area contributed by atoms with Crippen molar-refractivity contribution >= 4 is 0 Å². The molecule has 0 atom stereocenters. The molecule has 2 rings (SSSR count). The summed E-state index contributed by atoms with van der Waals surface area (Å²) in [7, 11) is 0. The van der Waals surface area contributed by atoms with E-state index in [0.717, 1.165) is 22.7 Å². The monoisotopic (exact) mass is 261 g/mol. The maximum Gasteiger partial charge on any atom is 0.165 e. The molecule has 0 aliphatic carbocycles. The summed E-state index contributed by atoms with van der Waals surface area (Å²) < 4.78 is 7.64. The van der Waals surface area contributed by atoms with Crippen LogP contribution in [-0.2, 0) is 13.2 Å². The molecule has 0 saturated carbocycles. The summed E-state index contributed by atoms with van der Waals surface area (Å²) in [5.41, 5.74) is 1.79. The fourth-order valence-corrected chi connectivity index (χ4v) is 1.99. The number of para-hydroxylation sites is 1. The van der Waals surface area contributed by atoms with Crippen molar-refractivity contribution in [2.45, 2.75) is 40.0 Å². The fraction of sp³-hybridized carbons (Fsp3) is 0.429. The van der Waals surface area contributed by atoms with Crippen molar-refractivity contribution in [3.05, 3.63) is 41.5 Å². The zero-order chi connectivity index (χ0) is 13.8. The Hall–Kier alpha value is -1.88. The molecule has 1 heterocycles. The standard InChI is InChI=1S/C14H19N3O2/c1-10(2)17-13(15-9-16-17)8-19-14-11(3)5-4-6-12(14)7-18/h4-6,9-10,18H,7-8H2,1-3H3. The molecule has 0 aliphatic heterocycles. The van der Waals surface area contributed by atoms with Gasteiger partial charge in [0.05, 0.1) is 6.61 Å². The van der Waals surface area contributed by atoms with Crippen LogP contribution in [0.3, 0.4) is 0 Å². The molecule has 0 radical (unpaired) electrons. The van der Waals surface area contributed by atoms with Crippen LogP contribution in [0.15, 0.2) is 24.5 Å². The van der Waals surface area contributed by atoms with Gasteiger partial charge in [0.2, 0.25) is 0 Å². The zero-order valence-electron chi connectivity index (χ0n) is 11.5. The molecule has 1 aromatic carbocycles. The molecule has 0 aliphatic rings. The second kappa shape index (κ2) is 5.84. The molecule has 1 N–H and O–H groups in total. The summed E-state index contributed by atoms with van der Waals surface area (Å²) in [6.45, 7) is 6.36. The molecule has 102 valence electrons. The number of rotatable bonds is 5. The average molecular weight is 261 g/mol. The largest absolute Gasteiger partial charge is 0.485 e. The maximum atomic E-state index is 9.33. The van der Waals surface area contributed by atoms with Crippen LogP contribution in [0.2, 0.25) is 0 Å². The maximum absolute atomic E-state index is 9.33. The summed E-state index contributed by atoms with van der Waals surface area (Å²) in [6, 6.07) is 5.97. The zero-order valence-corrected chi connectivity index (χ0v) is 11.5. The number of aryl methyl sites for hydroxylation is 1. The van der Waals surface area contributed by atoms with Crippen LogP contribution in [0.1, 0.15) is 36.8 Å². The molecule has 5 nitrogen and oxygen atoms in total. The fourth-order valence-electron chi connectivity index (χ4n) is 1.99. The van der Waals surface area contributed by atoms with E-state index in [1.54, 1.807) is 0 Å². The third kappa shape index (κ3) is 2.93. The lowest BCUT2D eigenvalue weighted by atomic mass is 10.1. The Bertz CT molecular complexity index is 549. The molecule has 0 bridgehead atoms. The van der Waals surface area contributed by atoms with Crippen molar-refractivity contribution in [2.75, 3.05) is 0 Å². The first-order chi connectivity index (χ1) is 9.13. The second-order valence-corrected chi connectivity index (χ2v) is 4.72. The molecule has 2 aromatic rings. The molecule has 0 unspecified atom stereocenters. The third-order valence-electron chi connectivity index (χ3n) is 2.95. The van der Waals surface area contributed by atoms with Crippen LogP contribution >= 0.6 is 0 Å². The molecular formula is C14H19N3O2.